The lowest BCUT2D eigenvalue weighted by Gasteiger charge is -2.25. The van der Waals surface area contributed by atoms with Gasteiger partial charge in [-0.2, -0.15) is 0 Å². The van der Waals surface area contributed by atoms with E-state index in [9.17, 15) is 5.11 Å². The van der Waals surface area contributed by atoms with E-state index in [0.29, 0.717) is 11.8 Å². The van der Waals surface area contributed by atoms with Crippen LogP contribution in [0.5, 0.6) is 5.75 Å². The smallest absolute Gasteiger partial charge is 0.120 e. The molecule has 0 unspecified atom stereocenters. The molecule has 0 radical (unpaired) electrons. The molecule has 0 aliphatic carbocycles. The van der Waals surface area contributed by atoms with Crippen LogP contribution in [-0.2, 0) is 6.54 Å². The Labute approximate surface area is 115 Å². The molecule has 0 aliphatic heterocycles. The Bertz CT molecular complexity index is 536. The minimum Gasteiger partial charge on any atom is -0.508 e. The van der Waals surface area contributed by atoms with Crippen LogP contribution >= 0.6 is 0 Å². The maximum Gasteiger partial charge on any atom is 0.120 e. The van der Waals surface area contributed by atoms with Gasteiger partial charge in [0.2, 0.25) is 0 Å². The van der Waals surface area contributed by atoms with Gasteiger partial charge >= 0.3 is 0 Å². The summed E-state index contributed by atoms with van der Waals surface area (Å²) in [4.78, 5) is 2.24. The zero-order valence-corrected chi connectivity index (χ0v) is 11.8. The molecule has 2 aromatic carbocycles. The van der Waals surface area contributed by atoms with E-state index in [1.165, 1.54) is 11.1 Å². The van der Waals surface area contributed by atoms with E-state index in [0.717, 1.165) is 12.1 Å². The lowest BCUT2D eigenvalue weighted by molar-refractivity contribution is 0.249. The first-order valence-corrected chi connectivity index (χ1v) is 6.61. The zero-order valence-electron chi connectivity index (χ0n) is 11.8. The summed E-state index contributed by atoms with van der Waals surface area (Å²) in [5, 5.41) is 9.91. The molecular weight excluding hydrogens is 234 g/mol. The molecule has 0 fully saturated rings. The van der Waals surface area contributed by atoms with E-state index in [4.69, 9.17) is 0 Å². The minimum absolute atomic E-state index is 0.320. The summed E-state index contributed by atoms with van der Waals surface area (Å²) >= 11 is 0. The molecule has 0 aromatic heterocycles. The second-order valence-corrected chi connectivity index (χ2v) is 5.13. The first-order valence-electron chi connectivity index (χ1n) is 6.61. The normalized spacial score (nSPS) is 12.6. The van der Waals surface area contributed by atoms with Crippen LogP contribution in [0.2, 0.25) is 0 Å². The van der Waals surface area contributed by atoms with E-state index in [-0.39, 0.29) is 0 Å². The summed E-state index contributed by atoms with van der Waals surface area (Å²) < 4.78 is 0. The summed E-state index contributed by atoms with van der Waals surface area (Å²) in [6, 6.07) is 16.5. The van der Waals surface area contributed by atoms with Crippen molar-refractivity contribution in [3.8, 4) is 5.75 Å². The van der Waals surface area contributed by atoms with Gasteiger partial charge in [0.1, 0.15) is 5.75 Å². The number of phenolic OH excluding ortho intramolecular Hbond substituents is 1. The topological polar surface area (TPSA) is 23.5 Å². The Morgan fingerprint density at radius 2 is 1.79 bits per heavy atom. The molecular formula is C17H21NO. The standard InChI is InChI=1S/C17H21NO/c1-13-9-10-17(19)16(11-13)12-18(3)14(2)15-7-5-4-6-8-15/h4-11,14,19H,12H2,1-3H3/t14-/m1/s1. The fourth-order valence-electron chi connectivity index (χ4n) is 2.23. The largest absolute Gasteiger partial charge is 0.508 e. The highest BCUT2D eigenvalue weighted by Gasteiger charge is 2.13. The summed E-state index contributed by atoms with van der Waals surface area (Å²) in [6.07, 6.45) is 0. The van der Waals surface area contributed by atoms with Crippen molar-refractivity contribution in [1.82, 2.24) is 4.90 Å². The molecule has 0 saturated heterocycles. The van der Waals surface area contributed by atoms with Crippen LogP contribution < -0.4 is 0 Å². The fourth-order valence-corrected chi connectivity index (χ4v) is 2.23. The molecule has 0 spiro atoms. The van der Waals surface area contributed by atoms with Crippen molar-refractivity contribution in [2.24, 2.45) is 0 Å². The van der Waals surface area contributed by atoms with Gasteiger partial charge < -0.3 is 5.11 Å². The third kappa shape index (κ3) is 3.36. The number of nitrogens with zero attached hydrogens (tertiary/aromatic N) is 1. The summed E-state index contributed by atoms with van der Waals surface area (Å²) in [7, 11) is 2.08. The molecule has 100 valence electrons. The molecule has 1 atom stereocenters. The van der Waals surface area contributed by atoms with E-state index in [1.807, 2.05) is 25.1 Å². The minimum atomic E-state index is 0.320. The molecule has 2 nitrogen and oxygen atoms in total. The van der Waals surface area contributed by atoms with Gasteiger partial charge in [-0.1, -0.05) is 48.0 Å². The second-order valence-electron chi connectivity index (χ2n) is 5.13. The number of aromatic hydroxyl groups is 1. The van der Waals surface area contributed by atoms with Crippen LogP contribution in [0.4, 0.5) is 0 Å². The van der Waals surface area contributed by atoms with Gasteiger partial charge in [0.15, 0.2) is 0 Å². The third-order valence-electron chi connectivity index (χ3n) is 3.60. The Morgan fingerprint density at radius 1 is 1.11 bits per heavy atom. The van der Waals surface area contributed by atoms with Crippen LogP contribution in [0.15, 0.2) is 48.5 Å². The van der Waals surface area contributed by atoms with Gasteiger partial charge in [-0.3, -0.25) is 4.90 Å². The van der Waals surface area contributed by atoms with Gasteiger partial charge in [-0.25, -0.2) is 0 Å². The number of rotatable bonds is 4. The Kier molecular flexibility index (Phi) is 4.23. The molecule has 0 bridgehead atoms. The highest BCUT2D eigenvalue weighted by atomic mass is 16.3. The quantitative estimate of drug-likeness (QED) is 0.895. The number of hydrogen-bond donors (Lipinski definition) is 1. The molecule has 0 amide bonds. The molecule has 0 heterocycles. The number of hydrogen-bond acceptors (Lipinski definition) is 2. The molecule has 2 heteroatoms. The van der Waals surface area contributed by atoms with Crippen molar-refractivity contribution in [3.05, 3.63) is 65.2 Å². The van der Waals surface area contributed by atoms with Crippen molar-refractivity contribution in [2.75, 3.05) is 7.05 Å². The summed E-state index contributed by atoms with van der Waals surface area (Å²) in [5.41, 5.74) is 3.44. The molecule has 1 N–H and O–H groups in total. The van der Waals surface area contributed by atoms with Crippen LogP contribution in [0.1, 0.15) is 29.7 Å². The van der Waals surface area contributed by atoms with Gasteiger partial charge in [-0.05, 0) is 32.5 Å². The second kappa shape index (κ2) is 5.89. The average Bonchev–Trinajstić information content (AvgIpc) is 2.43. The Balaban J connectivity index is 2.12. The van der Waals surface area contributed by atoms with E-state index in [2.05, 4.69) is 43.1 Å². The molecule has 19 heavy (non-hydrogen) atoms. The maximum atomic E-state index is 9.91. The van der Waals surface area contributed by atoms with Gasteiger partial charge in [-0.15, -0.1) is 0 Å². The molecule has 0 saturated carbocycles. The van der Waals surface area contributed by atoms with Crippen molar-refractivity contribution in [3.63, 3.8) is 0 Å². The first-order chi connectivity index (χ1) is 9.08. The van der Waals surface area contributed by atoms with Crippen molar-refractivity contribution in [2.45, 2.75) is 26.4 Å². The molecule has 0 aliphatic rings. The zero-order chi connectivity index (χ0) is 13.8. The van der Waals surface area contributed by atoms with Crippen molar-refractivity contribution in [1.29, 1.82) is 0 Å². The van der Waals surface area contributed by atoms with Crippen LogP contribution in [0.3, 0.4) is 0 Å². The third-order valence-corrected chi connectivity index (χ3v) is 3.60. The summed E-state index contributed by atoms with van der Waals surface area (Å²) in [6.45, 7) is 4.97. The number of benzene rings is 2. The Hall–Kier alpha value is -1.80. The predicted molar refractivity (Wildman–Crippen MR) is 79.2 cm³/mol. The van der Waals surface area contributed by atoms with Crippen LogP contribution in [-0.4, -0.2) is 17.1 Å². The van der Waals surface area contributed by atoms with E-state index >= 15 is 0 Å². The predicted octanol–water partition coefficient (Wildman–Crippen LogP) is 3.89. The first kappa shape index (κ1) is 13.6. The Morgan fingerprint density at radius 3 is 2.47 bits per heavy atom. The highest BCUT2D eigenvalue weighted by molar-refractivity contribution is 5.35. The van der Waals surface area contributed by atoms with Gasteiger partial charge in [0.05, 0.1) is 0 Å². The number of phenols is 1. The van der Waals surface area contributed by atoms with E-state index in [1.54, 1.807) is 6.07 Å². The van der Waals surface area contributed by atoms with Gasteiger partial charge in [0, 0.05) is 18.2 Å². The lowest BCUT2D eigenvalue weighted by Crippen LogP contribution is -2.22. The SMILES string of the molecule is Cc1ccc(O)c(CN(C)[C@H](C)c2ccccc2)c1. The number of aryl methyl sites for hydroxylation is 1. The van der Waals surface area contributed by atoms with Crippen LogP contribution in [0, 0.1) is 6.92 Å². The fraction of sp³-hybridized carbons (Fsp3) is 0.294. The lowest BCUT2D eigenvalue weighted by atomic mass is 10.1. The van der Waals surface area contributed by atoms with Crippen molar-refractivity contribution < 1.29 is 5.11 Å². The molecule has 2 aromatic rings. The maximum absolute atomic E-state index is 9.91. The summed E-state index contributed by atoms with van der Waals surface area (Å²) in [5.74, 6) is 0.373. The van der Waals surface area contributed by atoms with Gasteiger partial charge in [0.25, 0.3) is 0 Å². The van der Waals surface area contributed by atoms with E-state index < -0.39 is 0 Å². The monoisotopic (exact) mass is 255 g/mol. The molecule has 2 rings (SSSR count). The van der Waals surface area contributed by atoms with Crippen molar-refractivity contribution >= 4 is 0 Å². The van der Waals surface area contributed by atoms with Crippen LogP contribution in [0.25, 0.3) is 0 Å². The average molecular weight is 255 g/mol. The highest BCUT2D eigenvalue weighted by Crippen LogP contribution is 2.24.